The maximum Gasteiger partial charge on any atom is 0.573 e. The first-order chi connectivity index (χ1) is 14.3. The van der Waals surface area contributed by atoms with Crippen LogP contribution in [-0.4, -0.2) is 31.3 Å². The number of aryl methyl sites for hydroxylation is 2. The number of benzene rings is 2. The van der Waals surface area contributed by atoms with Gasteiger partial charge in [-0.3, -0.25) is 9.59 Å². The number of halogens is 3. The van der Waals surface area contributed by atoms with Gasteiger partial charge in [0.05, 0.1) is 0 Å². The van der Waals surface area contributed by atoms with Crippen LogP contribution in [0.15, 0.2) is 36.4 Å². The van der Waals surface area contributed by atoms with Crippen LogP contribution >= 0.6 is 0 Å². The molecule has 0 aromatic heterocycles. The second-order valence-electron chi connectivity index (χ2n) is 7.14. The number of rotatable bonds is 4. The van der Waals surface area contributed by atoms with Gasteiger partial charge < -0.3 is 19.7 Å². The Morgan fingerprint density at radius 3 is 2.60 bits per heavy atom. The minimum atomic E-state index is -4.76. The number of carbonyl (C=O) groups excluding carboxylic acids is 2. The first-order valence-electron chi connectivity index (χ1n) is 9.53. The summed E-state index contributed by atoms with van der Waals surface area (Å²) in [5.74, 6) is -0.0947. The Morgan fingerprint density at radius 1 is 1.03 bits per heavy atom. The van der Waals surface area contributed by atoms with E-state index in [9.17, 15) is 22.8 Å². The summed E-state index contributed by atoms with van der Waals surface area (Å²) in [6, 6.07) is 9.21. The highest BCUT2D eigenvalue weighted by Crippen LogP contribution is 2.33. The number of carbonyl (C=O) groups is 2. The van der Waals surface area contributed by atoms with Gasteiger partial charge in [-0.2, -0.15) is 0 Å². The number of alkyl halides is 3. The van der Waals surface area contributed by atoms with Crippen LogP contribution < -0.4 is 19.7 Å². The average molecular weight is 420 g/mol. The molecule has 0 radical (unpaired) electrons. The van der Waals surface area contributed by atoms with Gasteiger partial charge in [-0.1, -0.05) is 0 Å². The van der Waals surface area contributed by atoms with Crippen LogP contribution in [0.5, 0.6) is 11.5 Å². The lowest BCUT2D eigenvalue weighted by Gasteiger charge is -2.30. The average Bonchev–Trinajstić information content (AvgIpc) is 2.70. The van der Waals surface area contributed by atoms with E-state index < -0.39 is 6.36 Å². The van der Waals surface area contributed by atoms with Gasteiger partial charge in [0.2, 0.25) is 5.91 Å². The molecule has 0 fully saturated rings. The van der Waals surface area contributed by atoms with E-state index in [0.29, 0.717) is 49.2 Å². The Labute approximate surface area is 170 Å². The molecular formula is C21H19F3N2O4. The molecule has 9 heteroatoms. The Kier molecular flexibility index (Phi) is 5.27. The molecule has 158 valence electrons. The molecule has 2 aromatic rings. The minimum Gasteiger partial charge on any atom is -0.484 e. The number of hydrogen-bond acceptors (Lipinski definition) is 4. The van der Waals surface area contributed by atoms with E-state index in [1.54, 1.807) is 18.2 Å². The number of nitrogens with one attached hydrogen (secondary N) is 1. The maximum atomic E-state index is 12.7. The molecule has 0 saturated carbocycles. The standard InChI is InChI=1S/C21H19F3N2O4/c22-21(23,24)30-16-5-7-18-14(11-16)2-1-9-26(18)20(28)12-29-15-4-6-17-13(10-15)3-8-19(27)25-17/h4-7,10-11H,1-3,8-9,12H2,(H,25,27). The molecule has 30 heavy (non-hydrogen) atoms. The summed E-state index contributed by atoms with van der Waals surface area (Å²) < 4.78 is 46.9. The number of anilines is 2. The van der Waals surface area contributed by atoms with Crippen molar-refractivity contribution in [3.05, 3.63) is 47.5 Å². The smallest absolute Gasteiger partial charge is 0.484 e. The summed E-state index contributed by atoms with van der Waals surface area (Å²) in [6.45, 7) is 0.260. The van der Waals surface area contributed by atoms with Crippen LogP contribution in [0.4, 0.5) is 24.5 Å². The van der Waals surface area contributed by atoms with Crippen molar-refractivity contribution in [1.82, 2.24) is 0 Å². The summed E-state index contributed by atoms with van der Waals surface area (Å²) in [6.07, 6.45) is -2.56. The fraction of sp³-hybridized carbons (Fsp3) is 0.333. The van der Waals surface area contributed by atoms with E-state index in [1.165, 1.54) is 23.1 Å². The highest BCUT2D eigenvalue weighted by atomic mass is 19.4. The lowest BCUT2D eigenvalue weighted by atomic mass is 10.0. The van der Waals surface area contributed by atoms with Crippen molar-refractivity contribution in [2.75, 3.05) is 23.4 Å². The number of nitrogens with zero attached hydrogens (tertiary/aromatic N) is 1. The fourth-order valence-corrected chi connectivity index (χ4v) is 3.70. The molecule has 0 aliphatic carbocycles. The van der Waals surface area contributed by atoms with Gasteiger partial charge in [-0.15, -0.1) is 13.2 Å². The van der Waals surface area contributed by atoms with Gasteiger partial charge in [-0.05, 0) is 66.8 Å². The second-order valence-corrected chi connectivity index (χ2v) is 7.14. The molecule has 0 spiro atoms. The number of hydrogen-bond donors (Lipinski definition) is 1. The van der Waals surface area contributed by atoms with Gasteiger partial charge in [0, 0.05) is 24.3 Å². The van der Waals surface area contributed by atoms with E-state index in [0.717, 1.165) is 11.3 Å². The van der Waals surface area contributed by atoms with Crippen molar-refractivity contribution in [2.45, 2.75) is 32.0 Å². The predicted molar refractivity (Wildman–Crippen MR) is 103 cm³/mol. The van der Waals surface area contributed by atoms with Gasteiger partial charge in [0.15, 0.2) is 6.61 Å². The third-order valence-corrected chi connectivity index (χ3v) is 5.04. The Morgan fingerprint density at radius 2 is 1.80 bits per heavy atom. The maximum absolute atomic E-state index is 12.7. The van der Waals surface area contributed by atoms with Crippen molar-refractivity contribution >= 4 is 23.2 Å². The molecule has 0 unspecified atom stereocenters. The highest BCUT2D eigenvalue weighted by Gasteiger charge is 2.32. The van der Waals surface area contributed by atoms with Crippen LogP contribution in [0.1, 0.15) is 24.0 Å². The zero-order valence-corrected chi connectivity index (χ0v) is 15.9. The highest BCUT2D eigenvalue weighted by molar-refractivity contribution is 5.96. The lowest BCUT2D eigenvalue weighted by Crippen LogP contribution is -2.38. The molecule has 6 nitrogen and oxygen atoms in total. The topological polar surface area (TPSA) is 67.9 Å². The molecule has 0 atom stereocenters. The summed E-state index contributed by atoms with van der Waals surface area (Å²) in [7, 11) is 0. The zero-order valence-electron chi connectivity index (χ0n) is 15.9. The summed E-state index contributed by atoms with van der Waals surface area (Å²) in [5.41, 5.74) is 2.88. The largest absolute Gasteiger partial charge is 0.573 e. The molecule has 2 heterocycles. The van der Waals surface area contributed by atoms with Crippen LogP contribution in [0.2, 0.25) is 0 Å². The Hall–Kier alpha value is -3.23. The number of ether oxygens (including phenoxy) is 2. The molecule has 2 aromatic carbocycles. The van der Waals surface area contributed by atoms with E-state index in [2.05, 4.69) is 10.1 Å². The van der Waals surface area contributed by atoms with E-state index in [4.69, 9.17) is 4.74 Å². The number of amides is 2. The number of fused-ring (bicyclic) bond motifs is 2. The SMILES string of the molecule is O=C1CCc2cc(OCC(=O)N3CCCc4cc(OC(F)(F)F)ccc43)ccc2N1. The van der Waals surface area contributed by atoms with Crippen molar-refractivity contribution < 1.29 is 32.2 Å². The van der Waals surface area contributed by atoms with Gasteiger partial charge in [0.1, 0.15) is 11.5 Å². The monoisotopic (exact) mass is 420 g/mol. The van der Waals surface area contributed by atoms with E-state index in [-0.39, 0.29) is 24.2 Å². The summed E-state index contributed by atoms with van der Waals surface area (Å²) in [4.78, 5) is 25.7. The first-order valence-corrected chi connectivity index (χ1v) is 9.53. The van der Waals surface area contributed by atoms with Crippen LogP contribution in [0.3, 0.4) is 0 Å². The third kappa shape index (κ3) is 4.50. The molecule has 1 N–H and O–H groups in total. The predicted octanol–water partition coefficient (Wildman–Crippen LogP) is 3.83. The molecule has 0 saturated heterocycles. The minimum absolute atomic E-state index is 0.0288. The van der Waals surface area contributed by atoms with Gasteiger partial charge >= 0.3 is 6.36 Å². The quantitative estimate of drug-likeness (QED) is 0.817. The van der Waals surface area contributed by atoms with Crippen molar-refractivity contribution in [3.63, 3.8) is 0 Å². The Bertz CT molecular complexity index is 991. The van der Waals surface area contributed by atoms with Crippen LogP contribution in [0, 0.1) is 0 Å². The molecular weight excluding hydrogens is 401 g/mol. The fourth-order valence-electron chi connectivity index (χ4n) is 3.70. The second kappa shape index (κ2) is 7.89. The van der Waals surface area contributed by atoms with Crippen molar-refractivity contribution in [1.29, 1.82) is 0 Å². The van der Waals surface area contributed by atoms with Crippen molar-refractivity contribution in [3.8, 4) is 11.5 Å². The Balaban J connectivity index is 1.43. The molecule has 2 aliphatic rings. The van der Waals surface area contributed by atoms with E-state index >= 15 is 0 Å². The summed E-state index contributed by atoms with van der Waals surface area (Å²) >= 11 is 0. The van der Waals surface area contributed by atoms with Gasteiger partial charge in [0.25, 0.3) is 5.91 Å². The van der Waals surface area contributed by atoms with E-state index in [1.807, 2.05) is 0 Å². The van der Waals surface area contributed by atoms with Crippen molar-refractivity contribution in [2.24, 2.45) is 0 Å². The molecule has 2 aliphatic heterocycles. The molecule has 4 rings (SSSR count). The van der Waals surface area contributed by atoms with Crippen LogP contribution in [0.25, 0.3) is 0 Å². The molecule has 0 bridgehead atoms. The zero-order chi connectivity index (χ0) is 21.3. The first kappa shape index (κ1) is 20.1. The third-order valence-electron chi connectivity index (χ3n) is 5.04. The van der Waals surface area contributed by atoms with Crippen LogP contribution in [-0.2, 0) is 22.4 Å². The van der Waals surface area contributed by atoms with Gasteiger partial charge in [-0.25, -0.2) is 0 Å². The lowest BCUT2D eigenvalue weighted by molar-refractivity contribution is -0.274. The molecule has 2 amide bonds. The summed E-state index contributed by atoms with van der Waals surface area (Å²) in [5, 5.41) is 2.78. The normalized spacial score (nSPS) is 15.7.